The summed E-state index contributed by atoms with van der Waals surface area (Å²) in [6.07, 6.45) is 29.8. The van der Waals surface area contributed by atoms with Crippen LogP contribution in [0.5, 0.6) is 116 Å². The van der Waals surface area contributed by atoms with Crippen molar-refractivity contribution in [1.29, 1.82) is 0 Å². The highest BCUT2D eigenvalue weighted by Crippen LogP contribution is 2.60. The molecule has 28 nitrogen and oxygen atoms in total. The molecule has 28 heteroatoms. The molecule has 0 spiro atoms. The zero-order chi connectivity index (χ0) is 75.3. The molecule has 4 aliphatic heterocycles. The van der Waals surface area contributed by atoms with Crippen molar-refractivity contribution >= 4 is 44.1 Å². The number of nitrogens with zero attached hydrogens (tertiary/aromatic N) is 12. The van der Waals surface area contributed by atoms with E-state index in [0.29, 0.717) is 214 Å². The molecule has 112 heavy (non-hydrogen) atoms. The van der Waals surface area contributed by atoms with Crippen LogP contribution in [0.4, 0.5) is 0 Å². The SMILES string of the molecule is C[n+]1ccn(CCCC2c3cc4c5cc3Oc3cc6nc(O)[nH]c6cc3Oc3cc6c(cc32)C(CCCn2cc[n+](C)c2)c2cc3c(cc2Oc2cc7[nH]c(O)nc7cc2O6)Oc2cc6[nH]c(O)nc6cc2Oc2cc(c(cc2C3CCCn2cc[n+](C)c2)C4CCCn2cc[n+](C)c2)Oc2cc3[nH]c(O)nc3cc2O5)c1. The van der Waals surface area contributed by atoms with Gasteiger partial charge in [0.05, 0.1) is 98.5 Å². The van der Waals surface area contributed by atoms with Crippen molar-refractivity contribution in [3.05, 3.63) is 216 Å². The number of aromatic hydroxyl groups is 4. The van der Waals surface area contributed by atoms with E-state index in [1.807, 2.05) is 95.5 Å². The number of rotatable bonds is 16. The highest BCUT2D eigenvalue weighted by atomic mass is 16.5. The number of ether oxygens (including phenoxy) is 8. The fraction of sp³-hybridized carbons (Fsp3) is 0.238. The van der Waals surface area contributed by atoms with Gasteiger partial charge >= 0.3 is 0 Å². The molecule has 4 atom stereocenters. The van der Waals surface area contributed by atoms with Gasteiger partial charge in [-0.3, -0.25) is 0 Å². The lowest BCUT2D eigenvalue weighted by molar-refractivity contribution is -0.671. The number of aryl methyl sites for hydroxylation is 8. The number of hydrogen-bond acceptors (Lipinski definition) is 16. The van der Waals surface area contributed by atoms with E-state index in [0.717, 1.165) is 44.5 Å². The Morgan fingerprint density at radius 3 is 0.661 bits per heavy atom. The zero-order valence-electron chi connectivity index (χ0n) is 61.4. The van der Waals surface area contributed by atoms with Crippen molar-refractivity contribution in [3.8, 4) is 116 Å². The molecule has 5 aliphatic rings. The largest absolute Gasteiger partial charge is 0.480 e. The molecule has 0 radical (unpaired) electrons. The van der Waals surface area contributed by atoms with Crippen LogP contribution in [0.2, 0.25) is 0 Å². The topological polar surface area (TPSA) is 305 Å². The molecule has 8 aromatic carbocycles. The Hall–Kier alpha value is -13.9. The third kappa shape index (κ3) is 11.9. The highest BCUT2D eigenvalue weighted by molar-refractivity contribution is 5.85. The number of H-pyrrole nitrogens is 4. The fourth-order valence-corrected chi connectivity index (χ4v) is 17.2. The Balaban J connectivity index is 0.911. The smallest absolute Gasteiger partial charge is 0.292 e. The maximum atomic E-state index is 11.1. The van der Waals surface area contributed by atoms with E-state index in [4.69, 9.17) is 37.9 Å². The molecule has 8 bridgehead atoms. The van der Waals surface area contributed by atoms with E-state index in [1.54, 1.807) is 48.5 Å². The summed E-state index contributed by atoms with van der Waals surface area (Å²) in [6, 6.07) is 30.2. The van der Waals surface area contributed by atoms with Crippen LogP contribution in [-0.4, -0.2) is 78.6 Å². The van der Waals surface area contributed by atoms with E-state index in [9.17, 15) is 20.4 Å². The summed E-state index contributed by atoms with van der Waals surface area (Å²) >= 11 is 0. The molecule has 0 saturated carbocycles. The molecule has 4 unspecified atom stereocenters. The average molecular weight is 1500 g/mol. The summed E-state index contributed by atoms with van der Waals surface area (Å²) in [7, 11) is 8.09. The molecule has 8 N–H and O–H groups in total. The first kappa shape index (κ1) is 66.3. The Morgan fingerprint density at radius 1 is 0.277 bits per heavy atom. The third-order valence-electron chi connectivity index (χ3n) is 22.4. The number of aromatic nitrogens is 16. The van der Waals surface area contributed by atoms with Crippen LogP contribution in [0.1, 0.15) is 120 Å². The number of nitrogens with one attached hydrogen (secondary N) is 4. The lowest BCUT2D eigenvalue weighted by atomic mass is 9.76. The minimum atomic E-state index is -0.524. The van der Waals surface area contributed by atoms with Gasteiger partial charge in [-0.25, -0.2) is 36.5 Å². The summed E-state index contributed by atoms with van der Waals surface area (Å²) in [5, 5.41) is 44.4. The summed E-state index contributed by atoms with van der Waals surface area (Å²) in [5.74, 6) is 3.98. The van der Waals surface area contributed by atoms with Crippen LogP contribution in [-0.2, 0) is 54.4 Å². The van der Waals surface area contributed by atoms with Crippen LogP contribution in [0.15, 0.2) is 172 Å². The van der Waals surface area contributed by atoms with Gasteiger partial charge in [0, 0.05) is 141 Å². The molecule has 12 heterocycles. The van der Waals surface area contributed by atoms with Crippen molar-refractivity contribution in [2.45, 2.75) is 101 Å². The maximum absolute atomic E-state index is 11.1. The van der Waals surface area contributed by atoms with Crippen molar-refractivity contribution in [3.63, 3.8) is 0 Å². The summed E-state index contributed by atoms with van der Waals surface area (Å²) in [6.45, 7) is 2.64. The number of imidazole rings is 8. The van der Waals surface area contributed by atoms with Gasteiger partial charge in [-0.1, -0.05) is 0 Å². The molecule has 560 valence electrons. The lowest BCUT2D eigenvalue weighted by Crippen LogP contribution is -2.23. The maximum Gasteiger partial charge on any atom is 0.292 e. The fourth-order valence-electron chi connectivity index (χ4n) is 17.2. The molecular formula is C84H76N16O12+4. The summed E-state index contributed by atoms with van der Waals surface area (Å²) in [5.41, 5.74) is 10.3. The highest BCUT2D eigenvalue weighted by Gasteiger charge is 2.40. The first-order chi connectivity index (χ1) is 54.5. The van der Waals surface area contributed by atoms with Gasteiger partial charge in [-0.2, -0.15) is 19.9 Å². The van der Waals surface area contributed by atoms with Crippen molar-refractivity contribution in [1.82, 2.24) is 58.1 Å². The summed E-state index contributed by atoms with van der Waals surface area (Å²) in [4.78, 5) is 30.3. The Morgan fingerprint density at radius 2 is 0.473 bits per heavy atom. The van der Waals surface area contributed by atoms with Crippen LogP contribution >= 0.6 is 0 Å². The van der Waals surface area contributed by atoms with Gasteiger partial charge in [0.15, 0.2) is 46.0 Å². The average Bonchev–Trinajstić information content (AvgIpc) is 1.40. The number of fused-ring (bicyclic) bond motifs is 8. The Kier molecular flexibility index (Phi) is 15.3. The molecule has 0 saturated heterocycles. The van der Waals surface area contributed by atoms with Gasteiger partial charge in [0.2, 0.25) is 25.3 Å². The van der Waals surface area contributed by atoms with E-state index < -0.39 is 23.7 Å². The molecule has 1 aliphatic carbocycles. The van der Waals surface area contributed by atoms with Crippen molar-refractivity contribution < 1.29 is 76.6 Å². The standard InChI is InChI=1S/C84H72N16O12/c1-93-17-21-97(41-93)13-5-9-45-49-25-51-46(10-6-14-98-22-18-94(2)42-98)53-27-55-48(12-8-16-100-24-20-96(4)44-100)56-28-54-47(11-7-15-99-23-19-95(3)43-99)52-26-50(45)66-38-68(52)108-76-32-60-62(90-83(103)88-60)34-78(76)110-70(54)40-72(56)112-80-36-64-63(91-84(104)92-64)35-79(80)111-71(55)39-69(53)109-77-33-61-59(87-82(102)89-61)31-75(77)107-67(51)37-65(49)105-73-29-57-58(30-74(73)106-66)86-81(101)85-57/h17-48H,5-16H2,1-4H3,(H4-4,85,86,87,88,89,90,91,92,101,102,103,104)/p+4. The number of aromatic amines is 4. The minimum Gasteiger partial charge on any atom is -0.480 e. The second-order valence-corrected chi connectivity index (χ2v) is 30.1. The van der Waals surface area contributed by atoms with E-state index in [-0.39, 0.29) is 24.0 Å². The minimum absolute atomic E-state index is 0.286. The van der Waals surface area contributed by atoms with Crippen LogP contribution < -0.4 is 56.2 Å². The molecule has 0 amide bonds. The van der Waals surface area contributed by atoms with E-state index in [1.165, 1.54) is 0 Å². The summed E-state index contributed by atoms with van der Waals surface area (Å²) < 4.78 is 77.7. The van der Waals surface area contributed by atoms with Gasteiger partial charge in [-0.05, 0) is 75.6 Å². The number of benzene rings is 8. The van der Waals surface area contributed by atoms with Crippen molar-refractivity contribution in [2.24, 2.45) is 28.2 Å². The monoisotopic (exact) mass is 1500 g/mol. The molecular weight excluding hydrogens is 1430 g/mol. The first-order valence-electron chi connectivity index (χ1n) is 37.6. The Labute approximate surface area is 637 Å². The molecule has 0 fully saturated rings. The van der Waals surface area contributed by atoms with Gasteiger partial charge in [0.1, 0.15) is 95.6 Å². The van der Waals surface area contributed by atoms with Gasteiger partial charge in [0.25, 0.3) is 24.0 Å². The first-order valence-corrected chi connectivity index (χ1v) is 37.6. The predicted octanol–water partition coefficient (Wildman–Crippen LogP) is 14.9. The lowest BCUT2D eigenvalue weighted by Gasteiger charge is -2.30. The molecule has 8 aromatic heterocycles. The van der Waals surface area contributed by atoms with Crippen LogP contribution in [0.3, 0.4) is 0 Å². The second-order valence-electron chi connectivity index (χ2n) is 30.1. The van der Waals surface area contributed by atoms with Crippen molar-refractivity contribution in [2.75, 3.05) is 0 Å². The van der Waals surface area contributed by atoms with Crippen LogP contribution in [0, 0.1) is 0 Å². The normalized spacial score (nSPS) is 16.1. The van der Waals surface area contributed by atoms with E-state index >= 15 is 0 Å². The number of hydrogen-bond donors (Lipinski definition) is 8. The van der Waals surface area contributed by atoms with Gasteiger partial charge < -0.3 is 78.3 Å². The van der Waals surface area contributed by atoms with Crippen LogP contribution in [0.25, 0.3) is 44.1 Å². The van der Waals surface area contributed by atoms with Gasteiger partial charge in [-0.15, -0.1) is 0 Å². The third-order valence-corrected chi connectivity index (χ3v) is 22.4. The molecule has 21 rings (SSSR count). The van der Waals surface area contributed by atoms with E-state index in [2.05, 4.69) is 133 Å². The Bertz CT molecular complexity index is 5470. The zero-order valence-corrected chi connectivity index (χ0v) is 61.4. The second kappa shape index (κ2) is 25.9. The quantitative estimate of drug-likeness (QED) is 0.0417. The molecule has 16 aromatic rings. The predicted molar refractivity (Wildman–Crippen MR) is 404 cm³/mol.